The molecule has 3 atom stereocenters. The average Bonchev–Trinajstić information content (AvgIpc) is 3.10. The maximum absolute atomic E-state index is 13.8. The highest BCUT2D eigenvalue weighted by molar-refractivity contribution is 8.00. The van der Waals surface area contributed by atoms with E-state index in [4.69, 9.17) is 4.84 Å². The van der Waals surface area contributed by atoms with Crippen molar-refractivity contribution in [3.8, 4) is 0 Å². The maximum atomic E-state index is 13.8. The SMILES string of the molecule is CN1OC2(SCc3ccccc3C2=O)[C@@H](c2ccc([N+](=O)[O-])cc2)[C@@H]1c1ccccc1. The Morgan fingerprint density at radius 1 is 1.00 bits per heavy atom. The highest BCUT2D eigenvalue weighted by Crippen LogP contribution is 2.59. The summed E-state index contributed by atoms with van der Waals surface area (Å²) in [6, 6.07) is 23.8. The Hall–Kier alpha value is -3.00. The molecule has 1 unspecified atom stereocenters. The number of hydroxylamine groups is 2. The number of carbonyl (C=O) groups excluding carboxylic acids is 1. The first-order valence-corrected chi connectivity index (χ1v) is 11.0. The first-order chi connectivity index (χ1) is 15.0. The van der Waals surface area contributed by atoms with E-state index < -0.39 is 9.86 Å². The fraction of sp³-hybridized carbons (Fsp3) is 0.208. The van der Waals surface area contributed by atoms with E-state index in [9.17, 15) is 14.9 Å². The van der Waals surface area contributed by atoms with Gasteiger partial charge < -0.3 is 0 Å². The molecule has 0 saturated carbocycles. The van der Waals surface area contributed by atoms with Crippen LogP contribution in [-0.2, 0) is 10.6 Å². The summed E-state index contributed by atoms with van der Waals surface area (Å²) >= 11 is 1.49. The molecule has 7 heteroatoms. The van der Waals surface area contributed by atoms with Crippen LogP contribution < -0.4 is 0 Å². The fourth-order valence-electron chi connectivity index (χ4n) is 4.61. The number of hydrogen-bond acceptors (Lipinski definition) is 6. The summed E-state index contributed by atoms with van der Waals surface area (Å²) < 4.78 is 0. The summed E-state index contributed by atoms with van der Waals surface area (Å²) in [6.07, 6.45) is 0. The number of nitro groups is 1. The topological polar surface area (TPSA) is 72.7 Å². The zero-order valence-electron chi connectivity index (χ0n) is 16.8. The molecule has 1 spiro atoms. The Kier molecular flexibility index (Phi) is 4.89. The van der Waals surface area contributed by atoms with E-state index in [0.29, 0.717) is 11.3 Å². The van der Waals surface area contributed by atoms with E-state index in [-0.39, 0.29) is 23.4 Å². The van der Waals surface area contributed by atoms with E-state index in [1.807, 2.05) is 61.6 Å². The van der Waals surface area contributed by atoms with Crippen LogP contribution in [0.1, 0.15) is 39.0 Å². The van der Waals surface area contributed by atoms with Gasteiger partial charge in [-0.1, -0.05) is 66.7 Å². The largest absolute Gasteiger partial charge is 0.290 e. The van der Waals surface area contributed by atoms with Gasteiger partial charge in [0.05, 0.1) is 16.9 Å². The number of nitro benzene ring substituents is 1. The second-order valence-corrected chi connectivity index (χ2v) is 8.95. The molecule has 0 bridgehead atoms. The Bertz CT molecular complexity index is 1150. The van der Waals surface area contributed by atoms with Crippen molar-refractivity contribution in [1.29, 1.82) is 0 Å². The smallest absolute Gasteiger partial charge is 0.269 e. The lowest BCUT2D eigenvalue weighted by atomic mass is 9.80. The number of rotatable bonds is 3. The zero-order valence-corrected chi connectivity index (χ0v) is 17.6. The number of benzene rings is 3. The molecule has 0 N–H and O–H groups in total. The highest BCUT2D eigenvalue weighted by Gasteiger charge is 2.61. The van der Waals surface area contributed by atoms with Crippen LogP contribution in [0.15, 0.2) is 78.9 Å². The predicted octanol–water partition coefficient (Wildman–Crippen LogP) is 5.12. The number of Topliss-reactive ketones (excluding diaryl/α,β-unsaturated/α-hetero) is 1. The number of hydrogen-bond donors (Lipinski definition) is 0. The molecule has 3 aromatic rings. The molecule has 1 saturated heterocycles. The van der Waals surface area contributed by atoms with Gasteiger partial charge in [-0.15, -0.1) is 11.8 Å². The van der Waals surface area contributed by atoms with E-state index >= 15 is 0 Å². The molecule has 2 heterocycles. The quantitative estimate of drug-likeness (QED) is 0.422. The summed E-state index contributed by atoms with van der Waals surface area (Å²) in [5.74, 6) is 0.250. The molecule has 2 aliphatic rings. The molecule has 3 aromatic carbocycles. The summed E-state index contributed by atoms with van der Waals surface area (Å²) in [7, 11) is 1.85. The second kappa shape index (κ2) is 7.60. The van der Waals surface area contributed by atoms with Crippen molar-refractivity contribution in [3.63, 3.8) is 0 Å². The number of thioether (sulfide) groups is 1. The molecule has 5 rings (SSSR count). The third kappa shape index (κ3) is 3.17. The number of non-ortho nitro benzene ring substituents is 1. The van der Waals surface area contributed by atoms with Gasteiger partial charge in [-0.2, -0.15) is 5.06 Å². The standard InChI is InChI=1S/C24H20N2O4S/c1-25-22(17-7-3-2-4-8-17)21(16-11-13-19(14-12-16)26(28)29)24(30-25)23(27)20-10-6-5-9-18(20)15-31-24/h2-14,21-22H,15H2,1H3/t21-,22-,24?/m0/s1. The fourth-order valence-corrected chi connectivity index (χ4v) is 6.09. The molecule has 0 radical (unpaired) electrons. The van der Waals surface area contributed by atoms with Crippen molar-refractivity contribution in [2.24, 2.45) is 0 Å². The van der Waals surface area contributed by atoms with Crippen LogP contribution in [0.2, 0.25) is 0 Å². The summed E-state index contributed by atoms with van der Waals surface area (Å²) in [6.45, 7) is 0. The second-order valence-electron chi connectivity index (χ2n) is 7.76. The van der Waals surface area contributed by atoms with Crippen molar-refractivity contribution in [2.45, 2.75) is 22.6 Å². The molecule has 156 valence electrons. The van der Waals surface area contributed by atoms with E-state index in [0.717, 1.165) is 16.7 Å². The molecule has 0 aromatic heterocycles. The number of ketones is 1. The van der Waals surface area contributed by atoms with E-state index in [1.54, 1.807) is 17.2 Å². The lowest BCUT2D eigenvalue weighted by Crippen LogP contribution is -2.43. The van der Waals surface area contributed by atoms with Crippen molar-refractivity contribution < 1.29 is 14.6 Å². The minimum atomic E-state index is -1.14. The summed E-state index contributed by atoms with van der Waals surface area (Å²) in [5, 5.41) is 12.9. The number of carbonyl (C=O) groups is 1. The zero-order chi connectivity index (χ0) is 21.6. The third-order valence-electron chi connectivity index (χ3n) is 6.02. The van der Waals surface area contributed by atoms with E-state index in [2.05, 4.69) is 0 Å². The molecule has 0 aliphatic carbocycles. The minimum Gasteiger partial charge on any atom is -0.290 e. The Labute approximate surface area is 183 Å². The maximum Gasteiger partial charge on any atom is 0.269 e. The van der Waals surface area contributed by atoms with Crippen LogP contribution in [0.25, 0.3) is 0 Å². The molecule has 6 nitrogen and oxygen atoms in total. The van der Waals surface area contributed by atoms with Crippen LogP contribution in [0, 0.1) is 10.1 Å². The lowest BCUT2D eigenvalue weighted by Gasteiger charge is -2.36. The molecule has 0 amide bonds. The van der Waals surface area contributed by atoms with Gasteiger partial charge >= 0.3 is 0 Å². The van der Waals surface area contributed by atoms with Crippen LogP contribution in [0.3, 0.4) is 0 Å². The normalized spacial score (nSPS) is 25.5. The molecule has 31 heavy (non-hydrogen) atoms. The third-order valence-corrected chi connectivity index (χ3v) is 7.42. The number of fused-ring (bicyclic) bond motifs is 1. The first-order valence-electron chi connectivity index (χ1n) is 9.99. The van der Waals surface area contributed by atoms with Gasteiger partial charge in [-0.3, -0.25) is 19.7 Å². The lowest BCUT2D eigenvalue weighted by molar-refractivity contribution is -0.384. The Morgan fingerprint density at radius 2 is 1.68 bits per heavy atom. The first kappa shape index (κ1) is 19.9. The van der Waals surface area contributed by atoms with Gasteiger partial charge in [0.2, 0.25) is 10.7 Å². The van der Waals surface area contributed by atoms with Crippen molar-refractivity contribution in [3.05, 3.63) is 111 Å². The van der Waals surface area contributed by atoms with Gasteiger partial charge in [0, 0.05) is 30.5 Å². The van der Waals surface area contributed by atoms with Crippen LogP contribution in [-0.4, -0.2) is 27.8 Å². The Balaban J connectivity index is 1.67. The summed E-state index contributed by atoms with van der Waals surface area (Å²) in [5.41, 5.74) is 3.56. The van der Waals surface area contributed by atoms with Gasteiger partial charge in [0.1, 0.15) is 0 Å². The summed E-state index contributed by atoms with van der Waals surface area (Å²) in [4.78, 5) is 29.8. The number of likely N-dealkylation sites (N-methyl/N-ethyl adjacent to an activating group) is 1. The van der Waals surface area contributed by atoms with Crippen LogP contribution >= 0.6 is 11.8 Å². The van der Waals surface area contributed by atoms with E-state index in [1.165, 1.54) is 23.9 Å². The molecular weight excluding hydrogens is 412 g/mol. The van der Waals surface area contributed by atoms with Crippen LogP contribution in [0.4, 0.5) is 5.69 Å². The Morgan fingerprint density at radius 3 is 2.39 bits per heavy atom. The van der Waals surface area contributed by atoms with Crippen molar-refractivity contribution in [2.75, 3.05) is 7.05 Å². The molecule has 1 fully saturated rings. The highest BCUT2D eigenvalue weighted by atomic mass is 32.2. The van der Waals surface area contributed by atoms with Crippen molar-refractivity contribution >= 4 is 23.2 Å². The minimum absolute atomic E-state index is 0.0225. The van der Waals surface area contributed by atoms with Gasteiger partial charge in [-0.25, -0.2) is 0 Å². The van der Waals surface area contributed by atoms with Gasteiger partial charge in [0.25, 0.3) is 5.69 Å². The average molecular weight is 433 g/mol. The number of nitrogens with zero attached hydrogens (tertiary/aromatic N) is 2. The van der Waals surface area contributed by atoms with Crippen molar-refractivity contribution in [1.82, 2.24) is 5.06 Å². The monoisotopic (exact) mass is 432 g/mol. The molecule has 2 aliphatic heterocycles. The predicted molar refractivity (Wildman–Crippen MR) is 119 cm³/mol. The molecular formula is C24H20N2O4S. The van der Waals surface area contributed by atoms with Gasteiger partial charge in [0.15, 0.2) is 0 Å². The van der Waals surface area contributed by atoms with Crippen LogP contribution in [0.5, 0.6) is 0 Å². The van der Waals surface area contributed by atoms with Gasteiger partial charge in [-0.05, 0) is 16.7 Å².